The minimum absolute atomic E-state index is 0.758. The van der Waals surface area contributed by atoms with E-state index in [0.717, 1.165) is 37.7 Å². The molecule has 1 unspecified atom stereocenters. The Balaban J connectivity index is 1.46. The lowest BCUT2D eigenvalue weighted by Gasteiger charge is -2.23. The van der Waals surface area contributed by atoms with Gasteiger partial charge in [0.05, 0.1) is 20.4 Å². The summed E-state index contributed by atoms with van der Waals surface area (Å²) in [5.41, 5.74) is 2.49. The molecule has 5 heteroatoms. The van der Waals surface area contributed by atoms with E-state index in [4.69, 9.17) is 9.57 Å². The second-order valence-corrected chi connectivity index (χ2v) is 6.40. The summed E-state index contributed by atoms with van der Waals surface area (Å²) in [6, 6.07) is 8.35. The Hall–Kier alpha value is -1.98. The number of hydrogen-bond acceptors (Lipinski definition) is 5. The molecule has 0 bridgehead atoms. The highest BCUT2D eigenvalue weighted by molar-refractivity contribution is 5.33. The van der Waals surface area contributed by atoms with Gasteiger partial charge in [-0.3, -0.25) is 9.74 Å². The molecule has 0 spiro atoms. The minimum atomic E-state index is 0.758. The predicted molar refractivity (Wildman–Crippen MR) is 95.1 cm³/mol. The van der Waals surface area contributed by atoms with Crippen LogP contribution < -0.4 is 10.1 Å². The molecule has 0 aromatic heterocycles. The van der Waals surface area contributed by atoms with Crippen molar-refractivity contribution in [1.29, 1.82) is 0 Å². The van der Waals surface area contributed by atoms with Gasteiger partial charge in [-0.15, -0.1) is 0 Å². The van der Waals surface area contributed by atoms with Gasteiger partial charge in [-0.25, -0.2) is 5.06 Å². The lowest BCUT2D eigenvalue weighted by Crippen LogP contribution is -2.30. The van der Waals surface area contributed by atoms with Crippen LogP contribution in [0.4, 0.5) is 0 Å². The maximum absolute atomic E-state index is 5.45. The van der Waals surface area contributed by atoms with Gasteiger partial charge >= 0.3 is 0 Å². The lowest BCUT2D eigenvalue weighted by atomic mass is 9.98. The van der Waals surface area contributed by atoms with E-state index >= 15 is 0 Å². The second-order valence-electron chi connectivity index (χ2n) is 6.40. The fourth-order valence-corrected chi connectivity index (χ4v) is 3.45. The van der Waals surface area contributed by atoms with Crippen molar-refractivity contribution in [1.82, 2.24) is 15.3 Å². The maximum atomic E-state index is 5.45. The SMILES string of the molecule is COc1ccccc1CCC1CCN(CC2=CN(OC)C=CN2)C1. The van der Waals surface area contributed by atoms with E-state index in [1.807, 2.05) is 30.7 Å². The van der Waals surface area contributed by atoms with Crippen LogP contribution in [0.15, 0.2) is 48.6 Å². The molecule has 1 saturated heterocycles. The first-order valence-electron chi connectivity index (χ1n) is 8.59. The van der Waals surface area contributed by atoms with Gasteiger partial charge in [0.15, 0.2) is 0 Å². The zero-order valence-corrected chi connectivity index (χ0v) is 14.6. The van der Waals surface area contributed by atoms with E-state index < -0.39 is 0 Å². The molecule has 0 saturated carbocycles. The Bertz CT molecular complexity index is 600. The summed E-state index contributed by atoms with van der Waals surface area (Å²) < 4.78 is 5.45. The first kappa shape index (κ1) is 16.9. The number of benzene rings is 1. The first-order valence-corrected chi connectivity index (χ1v) is 8.59. The molecule has 1 aromatic rings. The molecule has 1 N–H and O–H groups in total. The van der Waals surface area contributed by atoms with Crippen molar-refractivity contribution >= 4 is 0 Å². The zero-order chi connectivity index (χ0) is 16.8. The molecule has 0 amide bonds. The molecule has 130 valence electrons. The van der Waals surface area contributed by atoms with Crippen LogP contribution in [0.3, 0.4) is 0 Å². The molecular formula is C19H27N3O2. The predicted octanol–water partition coefficient (Wildman–Crippen LogP) is 2.73. The van der Waals surface area contributed by atoms with Crippen molar-refractivity contribution in [3.63, 3.8) is 0 Å². The summed E-state index contributed by atoms with van der Waals surface area (Å²) in [5, 5.41) is 5.02. The first-order chi connectivity index (χ1) is 11.8. The van der Waals surface area contributed by atoms with Crippen molar-refractivity contribution in [3.05, 3.63) is 54.1 Å². The standard InChI is InChI=1S/C19H27N3O2/c1-23-19-6-4-3-5-17(19)8-7-16-9-11-21(13-16)14-18-15-22(24-2)12-10-20-18/h3-6,10,12,15-16,20H,7-9,11,13-14H2,1-2H3. The summed E-state index contributed by atoms with van der Waals surface area (Å²) in [7, 11) is 3.42. The second kappa shape index (κ2) is 8.22. The molecule has 2 aliphatic heterocycles. The van der Waals surface area contributed by atoms with E-state index in [9.17, 15) is 0 Å². The molecule has 1 atom stereocenters. The summed E-state index contributed by atoms with van der Waals surface area (Å²) in [6.07, 6.45) is 9.35. The summed E-state index contributed by atoms with van der Waals surface area (Å²) in [5.74, 6) is 1.77. The number of aryl methyl sites for hydroxylation is 1. The van der Waals surface area contributed by atoms with Crippen LogP contribution in [0.5, 0.6) is 5.75 Å². The molecule has 1 fully saturated rings. The van der Waals surface area contributed by atoms with Crippen molar-refractivity contribution in [2.75, 3.05) is 33.9 Å². The molecule has 24 heavy (non-hydrogen) atoms. The maximum Gasteiger partial charge on any atom is 0.122 e. The number of para-hydroxylation sites is 1. The highest BCUT2D eigenvalue weighted by Gasteiger charge is 2.23. The van der Waals surface area contributed by atoms with Gasteiger partial charge in [0, 0.05) is 31.2 Å². The Morgan fingerprint density at radius 3 is 2.96 bits per heavy atom. The number of nitrogens with one attached hydrogen (secondary N) is 1. The van der Waals surface area contributed by atoms with Crippen LogP contribution in [0.1, 0.15) is 18.4 Å². The number of hydrogen-bond donors (Lipinski definition) is 1. The molecule has 0 aliphatic carbocycles. The van der Waals surface area contributed by atoms with Crippen molar-refractivity contribution in [3.8, 4) is 5.75 Å². The third-order valence-corrected chi connectivity index (χ3v) is 4.76. The lowest BCUT2D eigenvalue weighted by molar-refractivity contribution is -0.0469. The average molecular weight is 329 g/mol. The topological polar surface area (TPSA) is 37.0 Å². The van der Waals surface area contributed by atoms with Crippen LogP contribution >= 0.6 is 0 Å². The van der Waals surface area contributed by atoms with Crippen LogP contribution in [-0.4, -0.2) is 43.8 Å². The van der Waals surface area contributed by atoms with Crippen molar-refractivity contribution < 1.29 is 9.57 Å². The van der Waals surface area contributed by atoms with Gasteiger partial charge in [-0.05, 0) is 43.4 Å². The van der Waals surface area contributed by atoms with Crippen molar-refractivity contribution in [2.45, 2.75) is 19.3 Å². The normalized spacial score (nSPS) is 20.8. The van der Waals surface area contributed by atoms with Gasteiger partial charge in [0.2, 0.25) is 0 Å². The van der Waals surface area contributed by atoms with Crippen LogP contribution in [0.25, 0.3) is 0 Å². The van der Waals surface area contributed by atoms with Crippen LogP contribution in [-0.2, 0) is 11.3 Å². The molecule has 3 rings (SSSR count). The third kappa shape index (κ3) is 4.30. The van der Waals surface area contributed by atoms with E-state index in [0.29, 0.717) is 0 Å². The Kier molecular flexibility index (Phi) is 5.77. The fraction of sp³-hybridized carbons (Fsp3) is 0.474. The monoisotopic (exact) mass is 329 g/mol. The van der Waals surface area contributed by atoms with E-state index in [2.05, 4.69) is 22.3 Å². The van der Waals surface area contributed by atoms with Gasteiger partial charge in [0.25, 0.3) is 0 Å². The molecular weight excluding hydrogens is 302 g/mol. The van der Waals surface area contributed by atoms with Crippen molar-refractivity contribution in [2.24, 2.45) is 5.92 Å². The number of hydroxylamine groups is 2. The largest absolute Gasteiger partial charge is 0.496 e. The fourth-order valence-electron chi connectivity index (χ4n) is 3.45. The van der Waals surface area contributed by atoms with Gasteiger partial charge < -0.3 is 10.1 Å². The van der Waals surface area contributed by atoms with Gasteiger partial charge in [0.1, 0.15) is 5.75 Å². The number of methoxy groups -OCH3 is 1. The average Bonchev–Trinajstić information content (AvgIpc) is 3.07. The van der Waals surface area contributed by atoms with Gasteiger partial charge in [-0.1, -0.05) is 18.2 Å². The molecule has 2 heterocycles. The zero-order valence-electron chi connectivity index (χ0n) is 14.6. The highest BCUT2D eigenvalue weighted by atomic mass is 16.7. The van der Waals surface area contributed by atoms with Crippen LogP contribution in [0, 0.1) is 5.92 Å². The number of ether oxygens (including phenoxy) is 1. The number of nitrogens with zero attached hydrogens (tertiary/aromatic N) is 2. The summed E-state index contributed by atoms with van der Waals surface area (Å²) in [4.78, 5) is 7.73. The van der Waals surface area contributed by atoms with Crippen LogP contribution in [0.2, 0.25) is 0 Å². The minimum Gasteiger partial charge on any atom is -0.496 e. The number of rotatable bonds is 7. The summed E-state index contributed by atoms with van der Waals surface area (Å²) >= 11 is 0. The third-order valence-electron chi connectivity index (χ3n) is 4.76. The Morgan fingerprint density at radius 1 is 1.25 bits per heavy atom. The molecule has 1 aromatic carbocycles. The molecule has 2 aliphatic rings. The Morgan fingerprint density at radius 2 is 2.12 bits per heavy atom. The van der Waals surface area contributed by atoms with E-state index in [1.165, 1.54) is 24.1 Å². The van der Waals surface area contributed by atoms with Gasteiger partial charge in [-0.2, -0.15) is 0 Å². The summed E-state index contributed by atoms with van der Waals surface area (Å²) in [6.45, 7) is 3.26. The molecule has 0 radical (unpaired) electrons. The Labute approximate surface area is 144 Å². The molecule has 5 nitrogen and oxygen atoms in total. The van der Waals surface area contributed by atoms with E-state index in [-0.39, 0.29) is 0 Å². The highest BCUT2D eigenvalue weighted by Crippen LogP contribution is 2.25. The number of likely N-dealkylation sites (tertiary alicyclic amines) is 1. The van der Waals surface area contributed by atoms with E-state index in [1.54, 1.807) is 19.3 Å². The quantitative estimate of drug-likeness (QED) is 0.832. The smallest absolute Gasteiger partial charge is 0.122 e.